The Hall–Kier alpha value is -3.92. The normalized spacial score (nSPS) is 18.1. The fraction of sp³-hybridized carbons (Fsp3) is 0.385. The zero-order chi connectivity index (χ0) is 25.5. The van der Waals surface area contributed by atoms with Crippen LogP contribution in [0, 0.1) is 5.92 Å². The lowest BCUT2D eigenvalue weighted by Gasteiger charge is -2.26. The van der Waals surface area contributed by atoms with Crippen LogP contribution in [0.15, 0.2) is 53.7 Å². The molecule has 1 saturated heterocycles. The van der Waals surface area contributed by atoms with Crippen LogP contribution in [0.5, 0.6) is 0 Å². The number of anilines is 1. The van der Waals surface area contributed by atoms with Crippen LogP contribution in [0.3, 0.4) is 0 Å². The summed E-state index contributed by atoms with van der Waals surface area (Å²) in [5, 5.41) is 3.07. The maximum Gasteiger partial charge on any atom is 0.410 e. The van der Waals surface area contributed by atoms with Gasteiger partial charge in [0.1, 0.15) is 0 Å². The number of hydrogen-bond acceptors (Lipinski definition) is 6. The van der Waals surface area contributed by atoms with E-state index in [-0.39, 0.29) is 18.0 Å². The van der Waals surface area contributed by atoms with Crippen molar-refractivity contribution in [3.8, 4) is 0 Å². The van der Waals surface area contributed by atoms with E-state index in [9.17, 15) is 9.59 Å². The minimum absolute atomic E-state index is 0.0135. The van der Waals surface area contributed by atoms with E-state index in [0.717, 1.165) is 24.1 Å². The van der Waals surface area contributed by atoms with Crippen LogP contribution in [-0.4, -0.2) is 72.1 Å². The van der Waals surface area contributed by atoms with Crippen LogP contribution in [0.1, 0.15) is 35.7 Å². The standard InChI is InChI=1S/C26H33N7O3/c1-2-36-26(35)32-14-10-19(11-15-32)22-4-3-12-29-23(22)31-25(28)30-21-7-5-20(6-8-21)24(34)33-13-9-18(16-27)17-33/h3-8,10,12,18H,2,9,11,13-17,27H2,1H3,(H3,28,29,30,31). The molecule has 2 aliphatic heterocycles. The lowest BCUT2D eigenvalue weighted by molar-refractivity contribution is 0.0787. The first kappa shape index (κ1) is 25.2. The van der Waals surface area contributed by atoms with Crippen molar-refractivity contribution in [2.75, 3.05) is 44.6 Å². The van der Waals surface area contributed by atoms with Gasteiger partial charge in [0.2, 0.25) is 0 Å². The van der Waals surface area contributed by atoms with Crippen LogP contribution >= 0.6 is 0 Å². The molecule has 1 aromatic heterocycles. The smallest absolute Gasteiger partial charge is 0.410 e. The third kappa shape index (κ3) is 6.01. The van der Waals surface area contributed by atoms with Crippen molar-refractivity contribution < 1.29 is 14.3 Å². The fourth-order valence-corrected chi connectivity index (χ4v) is 4.41. The van der Waals surface area contributed by atoms with Crippen molar-refractivity contribution in [2.24, 2.45) is 22.4 Å². The zero-order valence-corrected chi connectivity index (χ0v) is 20.5. The second-order valence-electron chi connectivity index (χ2n) is 8.84. The molecular formula is C26H33N7O3. The van der Waals surface area contributed by atoms with Crippen molar-refractivity contribution in [2.45, 2.75) is 19.8 Å². The summed E-state index contributed by atoms with van der Waals surface area (Å²) in [6, 6.07) is 11.0. The molecule has 0 bridgehead atoms. The van der Waals surface area contributed by atoms with Crippen LogP contribution in [0.2, 0.25) is 0 Å². The number of rotatable bonds is 6. The second kappa shape index (κ2) is 11.7. The van der Waals surface area contributed by atoms with E-state index in [2.05, 4.69) is 15.3 Å². The maximum atomic E-state index is 12.7. The minimum Gasteiger partial charge on any atom is -0.450 e. The summed E-state index contributed by atoms with van der Waals surface area (Å²) in [4.78, 5) is 37.1. The van der Waals surface area contributed by atoms with Gasteiger partial charge in [0.15, 0.2) is 11.8 Å². The first-order chi connectivity index (χ1) is 17.5. The Labute approximate surface area is 211 Å². The van der Waals surface area contributed by atoms with E-state index in [1.165, 1.54) is 0 Å². The van der Waals surface area contributed by atoms with Gasteiger partial charge in [0, 0.05) is 49.2 Å². The number of likely N-dealkylation sites (tertiary alicyclic amines) is 1. The van der Waals surface area contributed by atoms with Crippen molar-refractivity contribution in [3.63, 3.8) is 0 Å². The van der Waals surface area contributed by atoms with Gasteiger partial charge < -0.3 is 31.3 Å². The van der Waals surface area contributed by atoms with Crippen LogP contribution in [0.25, 0.3) is 5.57 Å². The fourth-order valence-electron chi connectivity index (χ4n) is 4.41. The molecule has 5 N–H and O–H groups in total. The molecule has 1 fully saturated rings. The Morgan fingerprint density at radius 3 is 2.67 bits per heavy atom. The molecule has 2 aromatic rings. The molecule has 1 unspecified atom stereocenters. The molecule has 1 atom stereocenters. The topological polar surface area (TPSA) is 139 Å². The molecule has 3 heterocycles. The number of nitrogens with zero attached hydrogens (tertiary/aromatic N) is 4. The number of carbonyl (C=O) groups is 2. The van der Waals surface area contributed by atoms with Crippen LogP contribution < -0.4 is 16.8 Å². The van der Waals surface area contributed by atoms with Gasteiger partial charge >= 0.3 is 6.09 Å². The number of pyridine rings is 1. The summed E-state index contributed by atoms with van der Waals surface area (Å²) in [5.74, 6) is 1.07. The summed E-state index contributed by atoms with van der Waals surface area (Å²) < 4.78 is 5.08. The monoisotopic (exact) mass is 491 g/mol. The average Bonchev–Trinajstić information content (AvgIpc) is 3.39. The van der Waals surface area contributed by atoms with Crippen molar-refractivity contribution in [3.05, 3.63) is 59.8 Å². The highest BCUT2D eigenvalue weighted by Gasteiger charge is 2.26. The van der Waals surface area contributed by atoms with Gasteiger partial charge in [-0.15, -0.1) is 0 Å². The molecule has 0 spiro atoms. The van der Waals surface area contributed by atoms with Gasteiger partial charge in [0.25, 0.3) is 5.91 Å². The Morgan fingerprint density at radius 2 is 2.00 bits per heavy atom. The summed E-state index contributed by atoms with van der Waals surface area (Å²) in [6.07, 6.45) is 4.96. The Kier molecular flexibility index (Phi) is 8.17. The van der Waals surface area contributed by atoms with Gasteiger partial charge in [-0.1, -0.05) is 6.08 Å². The first-order valence-corrected chi connectivity index (χ1v) is 12.2. The van der Waals surface area contributed by atoms with E-state index in [1.807, 2.05) is 23.1 Å². The highest BCUT2D eigenvalue weighted by atomic mass is 16.6. The van der Waals surface area contributed by atoms with Crippen LogP contribution in [-0.2, 0) is 4.74 Å². The zero-order valence-electron chi connectivity index (χ0n) is 20.5. The maximum absolute atomic E-state index is 12.7. The predicted molar refractivity (Wildman–Crippen MR) is 140 cm³/mol. The Bertz CT molecular complexity index is 1150. The molecule has 10 nitrogen and oxygen atoms in total. The van der Waals surface area contributed by atoms with Crippen molar-refractivity contribution >= 4 is 35.0 Å². The SMILES string of the molecule is CCOC(=O)N1CC=C(c2cccnc2N=C(N)Nc2ccc(C(=O)N3CCC(CN)C3)cc2)CC1. The molecule has 0 aliphatic carbocycles. The summed E-state index contributed by atoms with van der Waals surface area (Å²) in [5.41, 5.74) is 15.2. The molecule has 1 aromatic carbocycles. The average molecular weight is 492 g/mol. The van der Waals surface area contributed by atoms with Gasteiger partial charge in [-0.3, -0.25) is 4.79 Å². The highest BCUT2D eigenvalue weighted by molar-refractivity contribution is 5.97. The number of nitrogens with two attached hydrogens (primary N) is 2. The molecule has 190 valence electrons. The first-order valence-electron chi connectivity index (χ1n) is 12.2. The predicted octanol–water partition coefficient (Wildman–Crippen LogP) is 2.81. The van der Waals surface area contributed by atoms with Gasteiger partial charge in [0.05, 0.1) is 6.61 Å². The van der Waals surface area contributed by atoms with E-state index in [1.54, 1.807) is 42.3 Å². The van der Waals surface area contributed by atoms with Gasteiger partial charge in [-0.05, 0) is 74.2 Å². The third-order valence-electron chi connectivity index (χ3n) is 6.40. The number of carbonyl (C=O) groups excluding carboxylic acids is 2. The highest BCUT2D eigenvalue weighted by Crippen LogP contribution is 2.29. The van der Waals surface area contributed by atoms with E-state index >= 15 is 0 Å². The Balaban J connectivity index is 1.41. The van der Waals surface area contributed by atoms with E-state index < -0.39 is 0 Å². The van der Waals surface area contributed by atoms with Gasteiger partial charge in [-0.2, -0.15) is 4.99 Å². The molecule has 4 rings (SSSR count). The quantitative estimate of drug-likeness (QED) is 0.417. The van der Waals surface area contributed by atoms with Gasteiger partial charge in [-0.25, -0.2) is 9.78 Å². The summed E-state index contributed by atoms with van der Waals surface area (Å²) in [7, 11) is 0. The lowest BCUT2D eigenvalue weighted by atomic mass is 10.0. The number of ether oxygens (including phenoxy) is 1. The number of hydrogen-bond donors (Lipinski definition) is 3. The molecule has 0 saturated carbocycles. The molecule has 10 heteroatoms. The van der Waals surface area contributed by atoms with Crippen molar-refractivity contribution in [1.29, 1.82) is 0 Å². The molecule has 2 aliphatic rings. The number of nitrogens with one attached hydrogen (secondary N) is 1. The van der Waals surface area contributed by atoms with E-state index in [4.69, 9.17) is 16.2 Å². The minimum atomic E-state index is -0.307. The number of guanidine groups is 1. The lowest BCUT2D eigenvalue weighted by Crippen LogP contribution is -2.35. The van der Waals surface area contributed by atoms with Crippen LogP contribution in [0.4, 0.5) is 16.3 Å². The number of amides is 2. The largest absolute Gasteiger partial charge is 0.450 e. The molecular weight excluding hydrogens is 458 g/mol. The Morgan fingerprint density at radius 1 is 1.19 bits per heavy atom. The second-order valence-corrected chi connectivity index (χ2v) is 8.84. The number of aliphatic imine (C=N–C) groups is 1. The van der Waals surface area contributed by atoms with E-state index in [0.29, 0.717) is 62.2 Å². The van der Waals surface area contributed by atoms with Crippen molar-refractivity contribution in [1.82, 2.24) is 14.8 Å². The third-order valence-corrected chi connectivity index (χ3v) is 6.40. The number of benzene rings is 1. The molecule has 2 amide bonds. The number of aromatic nitrogens is 1. The molecule has 0 radical (unpaired) electrons. The molecule has 36 heavy (non-hydrogen) atoms. The summed E-state index contributed by atoms with van der Waals surface area (Å²) >= 11 is 0. The summed E-state index contributed by atoms with van der Waals surface area (Å²) in [6.45, 7) is 5.23.